The maximum absolute atomic E-state index is 13.3. The molecule has 1 heterocycles. The monoisotopic (exact) mass is 283 g/mol. The van der Waals surface area contributed by atoms with Gasteiger partial charge in [0.2, 0.25) is 0 Å². The average Bonchev–Trinajstić information content (AvgIpc) is 2.66. The highest BCUT2D eigenvalue weighted by Crippen LogP contribution is 2.33. The Kier molecular flexibility index (Phi) is 4.53. The highest BCUT2D eigenvalue weighted by atomic mass is 32.1. The number of nitrogens with one attached hydrogen (secondary N) is 1. The lowest BCUT2D eigenvalue weighted by Crippen LogP contribution is -2.18. The standard InChI is InChI=1S/C15H19F2NS/c1-4-10-11-5-12(16)13(17)6-14(11)19-15(10)8-18-7-9(2)3/h5-6,9,18H,4,7-8H2,1-3H3. The molecule has 0 aliphatic carbocycles. The van der Waals surface area contributed by atoms with Gasteiger partial charge in [0.1, 0.15) is 0 Å². The highest BCUT2D eigenvalue weighted by Gasteiger charge is 2.13. The molecular weight excluding hydrogens is 264 g/mol. The Hall–Kier alpha value is -1.00. The fraction of sp³-hybridized carbons (Fsp3) is 0.467. The van der Waals surface area contributed by atoms with Crippen molar-refractivity contribution in [2.45, 2.75) is 33.7 Å². The number of hydrogen-bond donors (Lipinski definition) is 1. The van der Waals surface area contributed by atoms with Crippen molar-refractivity contribution in [3.05, 3.63) is 34.2 Å². The first-order valence-electron chi connectivity index (χ1n) is 6.63. The molecule has 0 atom stereocenters. The molecule has 4 heteroatoms. The summed E-state index contributed by atoms with van der Waals surface area (Å²) >= 11 is 1.55. The van der Waals surface area contributed by atoms with Crippen LogP contribution in [0, 0.1) is 17.6 Å². The third-order valence-electron chi connectivity index (χ3n) is 3.11. The molecule has 2 rings (SSSR count). The predicted molar refractivity (Wildman–Crippen MR) is 77.7 cm³/mol. The van der Waals surface area contributed by atoms with E-state index in [4.69, 9.17) is 0 Å². The Labute approximate surface area is 116 Å². The summed E-state index contributed by atoms with van der Waals surface area (Å²) in [6, 6.07) is 2.63. The normalized spacial score (nSPS) is 11.7. The van der Waals surface area contributed by atoms with Gasteiger partial charge in [-0.05, 0) is 42.0 Å². The Morgan fingerprint density at radius 1 is 1.21 bits per heavy atom. The van der Waals surface area contributed by atoms with Crippen molar-refractivity contribution in [2.75, 3.05) is 6.54 Å². The number of benzene rings is 1. The first kappa shape index (κ1) is 14.4. The molecule has 2 aromatic rings. The van der Waals surface area contributed by atoms with Crippen LogP contribution in [-0.4, -0.2) is 6.54 Å². The number of halogens is 2. The van der Waals surface area contributed by atoms with Crippen molar-refractivity contribution in [1.29, 1.82) is 0 Å². The molecule has 0 saturated heterocycles. The molecule has 0 aliphatic heterocycles. The van der Waals surface area contributed by atoms with E-state index in [0.29, 0.717) is 5.92 Å². The molecule has 1 aromatic carbocycles. The summed E-state index contributed by atoms with van der Waals surface area (Å²) in [6.45, 7) is 8.07. The van der Waals surface area contributed by atoms with Gasteiger partial charge in [0.25, 0.3) is 0 Å². The van der Waals surface area contributed by atoms with Crippen molar-refractivity contribution >= 4 is 21.4 Å². The van der Waals surface area contributed by atoms with Gasteiger partial charge in [0, 0.05) is 16.1 Å². The Morgan fingerprint density at radius 2 is 1.89 bits per heavy atom. The minimum atomic E-state index is -0.766. The van der Waals surface area contributed by atoms with Gasteiger partial charge in [0.15, 0.2) is 11.6 Å². The molecule has 0 bridgehead atoms. The van der Waals surface area contributed by atoms with Gasteiger partial charge in [-0.2, -0.15) is 0 Å². The Bertz CT molecular complexity index is 575. The van der Waals surface area contributed by atoms with Gasteiger partial charge in [-0.1, -0.05) is 20.8 Å². The van der Waals surface area contributed by atoms with E-state index in [1.54, 1.807) is 11.3 Å². The second-order valence-electron chi connectivity index (χ2n) is 5.14. The summed E-state index contributed by atoms with van der Waals surface area (Å²) in [6.07, 6.45) is 0.837. The fourth-order valence-electron chi connectivity index (χ4n) is 2.20. The van der Waals surface area contributed by atoms with Crippen LogP contribution in [-0.2, 0) is 13.0 Å². The molecule has 0 spiro atoms. The molecule has 0 fully saturated rings. The summed E-state index contributed by atoms with van der Waals surface area (Å²) in [5.41, 5.74) is 1.13. The second-order valence-corrected chi connectivity index (χ2v) is 6.28. The van der Waals surface area contributed by atoms with Gasteiger partial charge in [-0.15, -0.1) is 11.3 Å². The van der Waals surface area contributed by atoms with Crippen molar-refractivity contribution in [3.63, 3.8) is 0 Å². The zero-order valence-electron chi connectivity index (χ0n) is 11.5. The predicted octanol–water partition coefficient (Wildman–Crippen LogP) is 4.49. The van der Waals surface area contributed by atoms with Crippen LogP contribution in [0.3, 0.4) is 0 Å². The molecule has 1 aromatic heterocycles. The van der Waals surface area contributed by atoms with Crippen LogP contribution >= 0.6 is 11.3 Å². The zero-order valence-corrected chi connectivity index (χ0v) is 12.3. The highest BCUT2D eigenvalue weighted by molar-refractivity contribution is 7.19. The first-order chi connectivity index (χ1) is 9.02. The molecule has 0 amide bonds. The average molecular weight is 283 g/mol. The van der Waals surface area contributed by atoms with E-state index in [9.17, 15) is 8.78 Å². The van der Waals surface area contributed by atoms with Crippen LogP contribution in [0.2, 0.25) is 0 Å². The van der Waals surface area contributed by atoms with E-state index in [0.717, 1.165) is 35.2 Å². The quantitative estimate of drug-likeness (QED) is 0.852. The molecule has 1 nitrogen and oxygen atoms in total. The summed E-state index contributed by atoms with van der Waals surface area (Å²) in [5.74, 6) is -0.936. The SMILES string of the molecule is CCc1c(CNCC(C)C)sc2cc(F)c(F)cc12. The number of thiophene rings is 1. The molecule has 0 unspecified atom stereocenters. The van der Waals surface area contributed by atoms with Crippen LogP contribution in [0.5, 0.6) is 0 Å². The maximum Gasteiger partial charge on any atom is 0.160 e. The minimum Gasteiger partial charge on any atom is -0.312 e. The van der Waals surface area contributed by atoms with E-state index < -0.39 is 11.6 Å². The maximum atomic E-state index is 13.3. The lowest BCUT2D eigenvalue weighted by molar-refractivity contribution is 0.511. The summed E-state index contributed by atoms with van der Waals surface area (Å²) < 4.78 is 27.4. The molecule has 104 valence electrons. The van der Waals surface area contributed by atoms with Crippen molar-refractivity contribution < 1.29 is 8.78 Å². The molecular formula is C15H19F2NS. The van der Waals surface area contributed by atoms with Crippen LogP contribution in [0.4, 0.5) is 8.78 Å². The van der Waals surface area contributed by atoms with Gasteiger partial charge in [0.05, 0.1) is 0 Å². The second kappa shape index (κ2) is 5.97. The Balaban J connectivity index is 2.33. The van der Waals surface area contributed by atoms with Crippen molar-refractivity contribution in [3.8, 4) is 0 Å². The summed E-state index contributed by atoms with van der Waals surface area (Å²) in [5, 5.41) is 4.24. The smallest absolute Gasteiger partial charge is 0.160 e. The van der Waals surface area contributed by atoms with Crippen molar-refractivity contribution in [2.24, 2.45) is 5.92 Å². The van der Waals surface area contributed by atoms with Crippen LogP contribution < -0.4 is 5.32 Å². The lowest BCUT2D eigenvalue weighted by atomic mass is 10.1. The first-order valence-corrected chi connectivity index (χ1v) is 7.44. The lowest BCUT2D eigenvalue weighted by Gasteiger charge is -2.07. The number of fused-ring (bicyclic) bond motifs is 1. The minimum absolute atomic E-state index is 0.592. The van der Waals surface area contributed by atoms with E-state index in [1.165, 1.54) is 17.0 Å². The fourth-order valence-corrected chi connectivity index (χ4v) is 3.47. The molecule has 0 saturated carbocycles. The molecule has 0 aliphatic rings. The molecule has 1 N–H and O–H groups in total. The number of aryl methyl sites for hydroxylation is 1. The van der Waals surface area contributed by atoms with E-state index in [-0.39, 0.29) is 0 Å². The number of hydrogen-bond acceptors (Lipinski definition) is 2. The Morgan fingerprint density at radius 3 is 2.53 bits per heavy atom. The third kappa shape index (κ3) is 3.12. The molecule has 0 radical (unpaired) electrons. The van der Waals surface area contributed by atoms with E-state index in [2.05, 4.69) is 26.1 Å². The van der Waals surface area contributed by atoms with Gasteiger partial charge < -0.3 is 5.32 Å². The van der Waals surface area contributed by atoms with E-state index >= 15 is 0 Å². The zero-order chi connectivity index (χ0) is 14.0. The van der Waals surface area contributed by atoms with Gasteiger partial charge in [-0.3, -0.25) is 0 Å². The topological polar surface area (TPSA) is 12.0 Å². The van der Waals surface area contributed by atoms with E-state index in [1.807, 2.05) is 0 Å². The summed E-state index contributed by atoms with van der Waals surface area (Å²) in [7, 11) is 0. The van der Waals surface area contributed by atoms with Gasteiger partial charge in [-0.25, -0.2) is 8.78 Å². The summed E-state index contributed by atoms with van der Waals surface area (Å²) in [4.78, 5) is 1.18. The largest absolute Gasteiger partial charge is 0.312 e. The van der Waals surface area contributed by atoms with Crippen LogP contribution in [0.15, 0.2) is 12.1 Å². The van der Waals surface area contributed by atoms with Crippen molar-refractivity contribution in [1.82, 2.24) is 5.32 Å². The van der Waals surface area contributed by atoms with Crippen LogP contribution in [0.1, 0.15) is 31.2 Å². The number of rotatable bonds is 5. The van der Waals surface area contributed by atoms with Gasteiger partial charge >= 0.3 is 0 Å². The third-order valence-corrected chi connectivity index (χ3v) is 4.30. The molecule has 19 heavy (non-hydrogen) atoms. The van der Waals surface area contributed by atoms with Crippen LogP contribution in [0.25, 0.3) is 10.1 Å².